The molecule has 2 heterocycles. The highest BCUT2D eigenvalue weighted by atomic mass is 16.6. The molecule has 0 saturated carbocycles. The molecule has 6 nitrogen and oxygen atoms in total. The van der Waals surface area contributed by atoms with E-state index in [9.17, 15) is 0 Å². The maximum absolute atomic E-state index is 7.25. The van der Waals surface area contributed by atoms with Gasteiger partial charge in [0.2, 0.25) is 5.88 Å². The van der Waals surface area contributed by atoms with Gasteiger partial charge in [0.15, 0.2) is 0 Å². The van der Waals surface area contributed by atoms with Crippen LogP contribution in [-0.4, -0.2) is 25.0 Å². The molecular weight excluding hydrogens is 220 g/mol. The minimum absolute atomic E-state index is 0.134. The molecule has 1 saturated heterocycles. The highest BCUT2D eigenvalue weighted by Crippen LogP contribution is 2.11. The summed E-state index contributed by atoms with van der Waals surface area (Å²) >= 11 is 0. The Kier molecular flexibility index (Phi) is 3.66. The zero-order valence-corrected chi connectivity index (χ0v) is 9.62. The lowest BCUT2D eigenvalue weighted by atomic mass is 10.3. The molecule has 1 fully saturated rings. The van der Waals surface area contributed by atoms with Gasteiger partial charge in [0, 0.05) is 24.2 Å². The molecular formula is C11H16N4O2. The van der Waals surface area contributed by atoms with Crippen molar-refractivity contribution in [2.24, 2.45) is 0 Å². The Balaban J connectivity index is 1.85. The Morgan fingerprint density at radius 1 is 1.65 bits per heavy atom. The molecule has 0 radical (unpaired) electrons. The lowest BCUT2D eigenvalue weighted by Gasteiger charge is -2.29. The van der Waals surface area contributed by atoms with Gasteiger partial charge in [-0.2, -0.15) is 0 Å². The molecule has 0 bridgehead atoms. The minimum atomic E-state index is 0.134. The first-order valence-corrected chi connectivity index (χ1v) is 5.40. The van der Waals surface area contributed by atoms with Crippen molar-refractivity contribution in [1.82, 2.24) is 16.2 Å². The lowest BCUT2D eigenvalue weighted by molar-refractivity contribution is -0.112. The van der Waals surface area contributed by atoms with Crippen molar-refractivity contribution >= 4 is 5.71 Å². The summed E-state index contributed by atoms with van der Waals surface area (Å²) in [6.07, 6.45) is 7.14. The SMILES string of the molecule is CC(=N)/C=C\NC1=CNNC(OC2COC2)=C1. The topological polar surface area (TPSA) is 78.4 Å². The average molecular weight is 236 g/mol. The van der Waals surface area contributed by atoms with Gasteiger partial charge in [0.05, 0.1) is 18.9 Å². The van der Waals surface area contributed by atoms with Crippen LogP contribution in [-0.2, 0) is 9.47 Å². The lowest BCUT2D eigenvalue weighted by Crippen LogP contribution is -2.41. The molecule has 0 aliphatic carbocycles. The van der Waals surface area contributed by atoms with Crippen LogP contribution >= 0.6 is 0 Å². The summed E-state index contributed by atoms with van der Waals surface area (Å²) in [7, 11) is 0. The van der Waals surface area contributed by atoms with Gasteiger partial charge >= 0.3 is 0 Å². The second kappa shape index (κ2) is 5.40. The van der Waals surface area contributed by atoms with Crippen molar-refractivity contribution in [3.8, 4) is 0 Å². The van der Waals surface area contributed by atoms with Crippen molar-refractivity contribution in [2.45, 2.75) is 13.0 Å². The van der Waals surface area contributed by atoms with Gasteiger partial charge in [0.25, 0.3) is 0 Å². The normalized spacial score (nSPS) is 19.6. The number of ether oxygens (including phenoxy) is 2. The highest BCUT2D eigenvalue weighted by Gasteiger charge is 2.21. The molecule has 92 valence electrons. The van der Waals surface area contributed by atoms with E-state index in [0.29, 0.717) is 24.8 Å². The van der Waals surface area contributed by atoms with Crippen LogP contribution in [0.1, 0.15) is 6.92 Å². The van der Waals surface area contributed by atoms with Crippen LogP contribution in [0.25, 0.3) is 0 Å². The summed E-state index contributed by atoms with van der Waals surface area (Å²) in [4.78, 5) is 0. The Morgan fingerprint density at radius 2 is 2.47 bits per heavy atom. The van der Waals surface area contributed by atoms with Crippen molar-refractivity contribution < 1.29 is 9.47 Å². The number of allylic oxidation sites excluding steroid dienone is 2. The van der Waals surface area contributed by atoms with Crippen LogP contribution in [0.2, 0.25) is 0 Å². The maximum Gasteiger partial charge on any atom is 0.208 e. The summed E-state index contributed by atoms with van der Waals surface area (Å²) in [5.41, 5.74) is 7.13. The molecule has 0 amide bonds. The fourth-order valence-electron chi connectivity index (χ4n) is 1.28. The Hall–Kier alpha value is -1.95. The molecule has 6 heteroatoms. The van der Waals surface area contributed by atoms with E-state index in [1.54, 1.807) is 25.4 Å². The van der Waals surface area contributed by atoms with Crippen molar-refractivity contribution in [3.05, 3.63) is 36.1 Å². The number of rotatable bonds is 5. The quantitative estimate of drug-likeness (QED) is 0.518. The fraction of sp³-hybridized carbons (Fsp3) is 0.364. The van der Waals surface area contributed by atoms with Gasteiger partial charge in [-0.15, -0.1) is 0 Å². The second-order valence-corrected chi connectivity index (χ2v) is 3.82. The second-order valence-electron chi connectivity index (χ2n) is 3.82. The molecule has 0 atom stereocenters. The molecule has 2 rings (SSSR count). The summed E-state index contributed by atoms with van der Waals surface area (Å²) in [6.45, 7) is 2.99. The number of hydrogen-bond donors (Lipinski definition) is 4. The van der Waals surface area contributed by atoms with Crippen molar-refractivity contribution in [3.63, 3.8) is 0 Å². The van der Waals surface area contributed by atoms with Crippen LogP contribution in [0.5, 0.6) is 0 Å². The van der Waals surface area contributed by atoms with E-state index < -0.39 is 0 Å². The van der Waals surface area contributed by atoms with E-state index in [4.69, 9.17) is 14.9 Å². The molecule has 0 spiro atoms. The molecule has 17 heavy (non-hydrogen) atoms. The van der Waals surface area contributed by atoms with Gasteiger partial charge in [-0.25, -0.2) is 0 Å². The first kappa shape index (κ1) is 11.5. The number of hydrogen-bond acceptors (Lipinski definition) is 6. The number of nitrogens with one attached hydrogen (secondary N) is 4. The van der Waals surface area contributed by atoms with Crippen molar-refractivity contribution in [1.29, 1.82) is 5.41 Å². The van der Waals surface area contributed by atoms with Gasteiger partial charge in [-0.3, -0.25) is 5.43 Å². The smallest absolute Gasteiger partial charge is 0.208 e. The first-order valence-electron chi connectivity index (χ1n) is 5.40. The zero-order valence-electron chi connectivity index (χ0n) is 9.62. The Morgan fingerprint density at radius 3 is 3.12 bits per heavy atom. The van der Waals surface area contributed by atoms with Gasteiger partial charge in [-0.1, -0.05) is 0 Å². The Labute approximate surface area is 99.8 Å². The summed E-state index contributed by atoms with van der Waals surface area (Å²) < 4.78 is 10.6. The first-order chi connectivity index (χ1) is 8.24. The summed E-state index contributed by atoms with van der Waals surface area (Å²) in [5.74, 6) is 0.656. The number of hydrazine groups is 1. The van der Waals surface area contributed by atoms with Crippen LogP contribution in [0.15, 0.2) is 36.1 Å². The maximum atomic E-state index is 7.25. The average Bonchev–Trinajstić information content (AvgIpc) is 2.24. The van der Waals surface area contributed by atoms with Gasteiger partial charge in [0.1, 0.15) is 6.10 Å². The van der Waals surface area contributed by atoms with Gasteiger partial charge < -0.3 is 25.6 Å². The molecule has 2 aliphatic rings. The van der Waals surface area contributed by atoms with Crippen LogP contribution < -0.4 is 16.2 Å². The predicted octanol–water partition coefficient (Wildman–Crippen LogP) is 0.335. The predicted molar refractivity (Wildman–Crippen MR) is 63.8 cm³/mol. The van der Waals surface area contributed by atoms with Crippen LogP contribution in [0.3, 0.4) is 0 Å². The third kappa shape index (κ3) is 3.53. The molecule has 0 aromatic carbocycles. The van der Waals surface area contributed by atoms with E-state index >= 15 is 0 Å². The molecule has 2 aliphatic heterocycles. The van der Waals surface area contributed by atoms with Crippen LogP contribution in [0, 0.1) is 5.41 Å². The van der Waals surface area contributed by atoms with Crippen molar-refractivity contribution in [2.75, 3.05) is 13.2 Å². The van der Waals surface area contributed by atoms with E-state index in [0.717, 1.165) is 5.70 Å². The molecule has 0 aromatic rings. The standard InChI is InChI=1S/C11H16N4O2/c1-8(12)2-3-13-9-4-11(15-14-5-9)17-10-6-16-7-10/h2-5,10,12-15H,6-7H2,1H3/b3-2-,12-8?. The summed E-state index contributed by atoms with van der Waals surface area (Å²) in [5, 5.41) is 10.3. The van der Waals surface area contributed by atoms with E-state index in [-0.39, 0.29) is 6.10 Å². The van der Waals surface area contributed by atoms with Gasteiger partial charge in [-0.05, 0) is 13.0 Å². The minimum Gasteiger partial charge on any atom is -0.470 e. The van der Waals surface area contributed by atoms with E-state index in [2.05, 4.69) is 16.2 Å². The summed E-state index contributed by atoms with van der Waals surface area (Å²) in [6, 6.07) is 0. The molecule has 4 N–H and O–H groups in total. The monoisotopic (exact) mass is 236 g/mol. The fourth-order valence-corrected chi connectivity index (χ4v) is 1.28. The molecule has 0 aromatic heterocycles. The van der Waals surface area contributed by atoms with Crippen LogP contribution in [0.4, 0.5) is 0 Å². The highest BCUT2D eigenvalue weighted by molar-refractivity contribution is 5.89. The third-order valence-electron chi connectivity index (χ3n) is 2.19. The molecule has 0 unspecified atom stereocenters. The zero-order chi connectivity index (χ0) is 12.1. The third-order valence-corrected chi connectivity index (χ3v) is 2.19. The Bertz CT molecular complexity index is 383. The van der Waals surface area contributed by atoms with E-state index in [1.807, 2.05) is 6.08 Å². The largest absolute Gasteiger partial charge is 0.470 e. The van der Waals surface area contributed by atoms with E-state index in [1.165, 1.54) is 0 Å².